The van der Waals surface area contributed by atoms with E-state index < -0.39 is 0 Å². The summed E-state index contributed by atoms with van der Waals surface area (Å²) in [5.41, 5.74) is 3.59. The first-order valence-electron chi connectivity index (χ1n) is 10.7. The molecule has 0 unspecified atom stereocenters. The number of rotatable bonds is 3. The van der Waals surface area contributed by atoms with Crippen molar-refractivity contribution in [3.63, 3.8) is 0 Å². The lowest BCUT2D eigenvalue weighted by Gasteiger charge is -2.23. The van der Waals surface area contributed by atoms with Gasteiger partial charge in [0.25, 0.3) is 5.56 Å². The van der Waals surface area contributed by atoms with Gasteiger partial charge in [0.15, 0.2) is 0 Å². The Bertz CT molecular complexity index is 1180. The van der Waals surface area contributed by atoms with Gasteiger partial charge in [0.1, 0.15) is 5.82 Å². The molecule has 32 heavy (non-hydrogen) atoms. The van der Waals surface area contributed by atoms with Crippen LogP contribution in [0.25, 0.3) is 5.69 Å². The standard InChI is InChI=1S/C24H26ClN5O2/c1-17-4-7-20(16-18(17)2)26-24(32)29-13-3-12-28(14-15-29)22-10-11-23(31)30(27-22)21-8-5-19(25)6-9-21/h4-11,16H,3,12-15H2,1-2H3,(H,26,32). The number of hydrogen-bond donors (Lipinski definition) is 1. The Morgan fingerprint density at radius 2 is 1.72 bits per heavy atom. The zero-order chi connectivity index (χ0) is 22.7. The predicted molar refractivity (Wildman–Crippen MR) is 128 cm³/mol. The van der Waals surface area contributed by atoms with Gasteiger partial charge in [-0.1, -0.05) is 17.7 Å². The minimum Gasteiger partial charge on any atom is -0.353 e. The molecular formula is C24H26ClN5O2. The molecule has 2 aromatic carbocycles. The molecule has 0 spiro atoms. The minimum absolute atomic E-state index is 0.103. The maximum absolute atomic E-state index is 12.8. The first-order chi connectivity index (χ1) is 15.4. The van der Waals surface area contributed by atoms with Crippen LogP contribution in [0.3, 0.4) is 0 Å². The molecule has 0 aliphatic carbocycles. The highest BCUT2D eigenvalue weighted by Crippen LogP contribution is 2.17. The molecule has 166 valence electrons. The fourth-order valence-corrected chi connectivity index (χ4v) is 3.83. The van der Waals surface area contributed by atoms with Gasteiger partial charge in [0, 0.05) is 43.0 Å². The highest BCUT2D eigenvalue weighted by atomic mass is 35.5. The maximum Gasteiger partial charge on any atom is 0.321 e. The fraction of sp³-hybridized carbons (Fsp3) is 0.292. The van der Waals surface area contributed by atoms with Gasteiger partial charge in [-0.15, -0.1) is 5.10 Å². The Hall–Kier alpha value is -3.32. The molecule has 1 fully saturated rings. The van der Waals surface area contributed by atoms with Crippen LogP contribution in [0.1, 0.15) is 17.5 Å². The molecular weight excluding hydrogens is 426 g/mol. The van der Waals surface area contributed by atoms with Crippen molar-refractivity contribution in [1.29, 1.82) is 0 Å². The maximum atomic E-state index is 12.8. The molecule has 0 radical (unpaired) electrons. The Morgan fingerprint density at radius 3 is 2.47 bits per heavy atom. The van der Waals surface area contributed by atoms with Gasteiger partial charge in [0.05, 0.1) is 5.69 Å². The van der Waals surface area contributed by atoms with Gasteiger partial charge in [-0.05, 0) is 73.9 Å². The Kier molecular flexibility index (Phi) is 6.46. The summed E-state index contributed by atoms with van der Waals surface area (Å²) in [5, 5.41) is 8.16. The first-order valence-corrected chi connectivity index (χ1v) is 11.0. The quantitative estimate of drug-likeness (QED) is 0.646. The molecule has 1 saturated heterocycles. The van der Waals surface area contributed by atoms with Crippen molar-refractivity contribution >= 4 is 29.1 Å². The van der Waals surface area contributed by atoms with Gasteiger partial charge in [-0.2, -0.15) is 4.68 Å². The van der Waals surface area contributed by atoms with Crippen LogP contribution in [0.15, 0.2) is 59.4 Å². The zero-order valence-corrected chi connectivity index (χ0v) is 19.0. The SMILES string of the molecule is Cc1ccc(NC(=O)N2CCCN(c3ccc(=O)n(-c4ccc(Cl)cc4)n3)CC2)cc1C. The Labute approximate surface area is 192 Å². The van der Waals surface area contributed by atoms with E-state index in [1.54, 1.807) is 30.3 Å². The largest absolute Gasteiger partial charge is 0.353 e. The van der Waals surface area contributed by atoms with Crippen LogP contribution in [0.5, 0.6) is 0 Å². The molecule has 7 nitrogen and oxygen atoms in total. The summed E-state index contributed by atoms with van der Waals surface area (Å²) >= 11 is 5.96. The normalized spacial score (nSPS) is 14.2. The number of carbonyl (C=O) groups is 1. The van der Waals surface area contributed by atoms with E-state index >= 15 is 0 Å². The Morgan fingerprint density at radius 1 is 0.938 bits per heavy atom. The summed E-state index contributed by atoms with van der Waals surface area (Å²) in [6.07, 6.45) is 0.808. The molecule has 0 bridgehead atoms. The molecule has 1 aliphatic rings. The van der Waals surface area contributed by atoms with E-state index in [-0.39, 0.29) is 11.6 Å². The number of hydrogen-bond acceptors (Lipinski definition) is 4. The van der Waals surface area contributed by atoms with Crippen LogP contribution in [0.2, 0.25) is 5.02 Å². The number of nitrogens with zero attached hydrogens (tertiary/aromatic N) is 4. The number of benzene rings is 2. The fourth-order valence-electron chi connectivity index (χ4n) is 3.71. The topological polar surface area (TPSA) is 70.5 Å². The molecule has 0 saturated carbocycles. The van der Waals surface area contributed by atoms with E-state index in [1.165, 1.54) is 16.3 Å². The molecule has 1 aromatic heterocycles. The number of nitrogens with one attached hydrogen (secondary N) is 1. The summed E-state index contributed by atoms with van der Waals surface area (Å²) in [7, 11) is 0. The summed E-state index contributed by atoms with van der Waals surface area (Å²) in [5.74, 6) is 0.705. The average molecular weight is 452 g/mol. The molecule has 3 aromatic rings. The summed E-state index contributed by atoms with van der Waals surface area (Å²) < 4.78 is 1.38. The van der Waals surface area contributed by atoms with Gasteiger partial charge < -0.3 is 15.1 Å². The van der Waals surface area contributed by atoms with Gasteiger partial charge in [-0.3, -0.25) is 4.79 Å². The third-order valence-corrected chi connectivity index (χ3v) is 5.97. The van der Waals surface area contributed by atoms with Crippen LogP contribution in [0.4, 0.5) is 16.3 Å². The summed E-state index contributed by atoms with van der Waals surface area (Å²) in [6, 6.07) is 16.1. The molecule has 4 rings (SSSR count). The summed E-state index contributed by atoms with van der Waals surface area (Å²) in [4.78, 5) is 29.1. The second-order valence-corrected chi connectivity index (χ2v) is 8.41. The number of aromatic nitrogens is 2. The molecule has 2 heterocycles. The Balaban J connectivity index is 1.45. The molecule has 1 N–H and O–H groups in total. The number of anilines is 2. The van der Waals surface area contributed by atoms with E-state index in [2.05, 4.69) is 15.3 Å². The minimum atomic E-state index is -0.208. The zero-order valence-electron chi connectivity index (χ0n) is 18.2. The molecule has 2 amide bonds. The van der Waals surface area contributed by atoms with Gasteiger partial charge in [-0.25, -0.2) is 4.79 Å². The molecule has 8 heteroatoms. The number of amides is 2. The van der Waals surface area contributed by atoms with Crippen LogP contribution < -0.4 is 15.8 Å². The van der Waals surface area contributed by atoms with Gasteiger partial charge in [0.2, 0.25) is 0 Å². The lowest BCUT2D eigenvalue weighted by molar-refractivity contribution is 0.215. The van der Waals surface area contributed by atoms with Crippen molar-refractivity contribution in [2.45, 2.75) is 20.3 Å². The first kappa shape index (κ1) is 21.9. The van der Waals surface area contributed by atoms with E-state index in [1.807, 2.05) is 36.9 Å². The number of urea groups is 1. The van der Waals surface area contributed by atoms with Crippen LogP contribution in [-0.4, -0.2) is 46.9 Å². The summed E-state index contributed by atoms with van der Waals surface area (Å²) in [6.45, 7) is 6.69. The third kappa shape index (κ3) is 4.94. The van der Waals surface area contributed by atoms with Crippen LogP contribution >= 0.6 is 11.6 Å². The van der Waals surface area contributed by atoms with Crippen LogP contribution in [0, 0.1) is 13.8 Å². The second-order valence-electron chi connectivity index (χ2n) is 7.97. The monoisotopic (exact) mass is 451 g/mol. The number of carbonyl (C=O) groups excluding carboxylic acids is 1. The van der Waals surface area contributed by atoms with Crippen molar-refractivity contribution in [3.05, 3.63) is 81.1 Å². The van der Waals surface area contributed by atoms with Crippen molar-refractivity contribution in [1.82, 2.24) is 14.7 Å². The van der Waals surface area contributed by atoms with E-state index in [4.69, 9.17) is 11.6 Å². The van der Waals surface area contributed by atoms with Crippen molar-refractivity contribution < 1.29 is 4.79 Å². The average Bonchev–Trinajstić information content (AvgIpc) is 3.04. The smallest absolute Gasteiger partial charge is 0.321 e. The number of halogens is 1. The number of aryl methyl sites for hydroxylation is 2. The van der Waals surface area contributed by atoms with Crippen molar-refractivity contribution in [2.24, 2.45) is 0 Å². The lowest BCUT2D eigenvalue weighted by Crippen LogP contribution is -2.38. The molecule has 1 aliphatic heterocycles. The van der Waals surface area contributed by atoms with E-state index in [0.717, 1.165) is 24.2 Å². The highest BCUT2D eigenvalue weighted by Gasteiger charge is 2.21. The predicted octanol–water partition coefficient (Wildman–Crippen LogP) is 4.25. The highest BCUT2D eigenvalue weighted by molar-refractivity contribution is 6.30. The van der Waals surface area contributed by atoms with E-state index in [0.29, 0.717) is 36.2 Å². The van der Waals surface area contributed by atoms with Gasteiger partial charge >= 0.3 is 6.03 Å². The van der Waals surface area contributed by atoms with Crippen molar-refractivity contribution in [3.8, 4) is 5.69 Å². The molecule has 0 atom stereocenters. The van der Waals surface area contributed by atoms with E-state index in [9.17, 15) is 9.59 Å². The van der Waals surface area contributed by atoms with Crippen LogP contribution in [-0.2, 0) is 0 Å². The lowest BCUT2D eigenvalue weighted by atomic mass is 10.1. The van der Waals surface area contributed by atoms with Crippen molar-refractivity contribution in [2.75, 3.05) is 36.4 Å². The third-order valence-electron chi connectivity index (χ3n) is 5.72. The second kappa shape index (κ2) is 9.44.